The number of hydrogen-bond acceptors (Lipinski definition) is 6. The zero-order valence-corrected chi connectivity index (χ0v) is 11.3. The van der Waals surface area contributed by atoms with Gasteiger partial charge in [0.05, 0.1) is 0 Å². The maximum absolute atomic E-state index is 5.39. The number of piperazine rings is 1. The van der Waals surface area contributed by atoms with Gasteiger partial charge in [-0.15, -0.1) is 0 Å². The summed E-state index contributed by atoms with van der Waals surface area (Å²) in [5, 5.41) is 0. The van der Waals surface area contributed by atoms with Gasteiger partial charge in [-0.25, -0.2) is 15.8 Å². The summed E-state index contributed by atoms with van der Waals surface area (Å²) in [6, 6.07) is 2.74. The fraction of sp³-hybridized carbons (Fsp3) is 0.692. The molecule has 0 atom stereocenters. The molecule has 1 saturated heterocycles. The van der Waals surface area contributed by atoms with Crippen molar-refractivity contribution in [3.8, 4) is 0 Å². The SMILES string of the molecule is NNc1cc(N2CCN(C3CCCC3)CC2)ncn1. The fourth-order valence-electron chi connectivity index (χ4n) is 3.18. The van der Waals surface area contributed by atoms with Crippen molar-refractivity contribution in [1.29, 1.82) is 0 Å². The molecule has 1 aliphatic heterocycles. The van der Waals surface area contributed by atoms with E-state index < -0.39 is 0 Å². The van der Waals surface area contributed by atoms with Gasteiger partial charge in [0.25, 0.3) is 0 Å². The molecule has 0 unspecified atom stereocenters. The second-order valence-electron chi connectivity index (χ2n) is 5.37. The highest BCUT2D eigenvalue weighted by Crippen LogP contribution is 2.25. The molecule has 1 aromatic rings. The summed E-state index contributed by atoms with van der Waals surface area (Å²) in [7, 11) is 0. The number of hydrogen-bond donors (Lipinski definition) is 2. The largest absolute Gasteiger partial charge is 0.354 e. The van der Waals surface area contributed by atoms with E-state index in [1.807, 2.05) is 6.07 Å². The maximum atomic E-state index is 5.39. The van der Waals surface area contributed by atoms with Gasteiger partial charge in [0, 0.05) is 38.3 Å². The summed E-state index contributed by atoms with van der Waals surface area (Å²) in [6.45, 7) is 4.36. The third kappa shape index (κ3) is 2.79. The van der Waals surface area contributed by atoms with E-state index >= 15 is 0 Å². The molecule has 104 valence electrons. The zero-order valence-electron chi connectivity index (χ0n) is 11.3. The molecule has 0 aromatic carbocycles. The van der Waals surface area contributed by atoms with Crippen LogP contribution in [0, 0.1) is 0 Å². The Kier molecular flexibility index (Phi) is 3.79. The van der Waals surface area contributed by atoms with E-state index in [1.165, 1.54) is 25.7 Å². The predicted molar refractivity (Wildman–Crippen MR) is 75.9 cm³/mol. The summed E-state index contributed by atoms with van der Waals surface area (Å²) >= 11 is 0. The highest BCUT2D eigenvalue weighted by molar-refractivity contribution is 5.48. The van der Waals surface area contributed by atoms with Crippen molar-refractivity contribution in [1.82, 2.24) is 14.9 Å². The van der Waals surface area contributed by atoms with E-state index in [2.05, 4.69) is 25.2 Å². The Labute approximate surface area is 114 Å². The van der Waals surface area contributed by atoms with Crippen LogP contribution in [0.25, 0.3) is 0 Å². The van der Waals surface area contributed by atoms with Gasteiger partial charge in [-0.2, -0.15) is 0 Å². The van der Waals surface area contributed by atoms with Gasteiger partial charge in [0.2, 0.25) is 0 Å². The minimum absolute atomic E-state index is 0.670. The van der Waals surface area contributed by atoms with Crippen molar-refractivity contribution in [3.63, 3.8) is 0 Å². The molecular weight excluding hydrogens is 240 g/mol. The quantitative estimate of drug-likeness (QED) is 0.621. The summed E-state index contributed by atoms with van der Waals surface area (Å²) in [4.78, 5) is 13.3. The molecule has 6 nitrogen and oxygen atoms in total. The molecule has 1 aromatic heterocycles. The second-order valence-corrected chi connectivity index (χ2v) is 5.37. The summed E-state index contributed by atoms with van der Waals surface area (Å²) < 4.78 is 0. The van der Waals surface area contributed by atoms with Crippen LogP contribution < -0.4 is 16.2 Å². The van der Waals surface area contributed by atoms with Crippen LogP contribution in [0.5, 0.6) is 0 Å². The molecule has 2 aliphatic rings. The lowest BCUT2D eigenvalue weighted by Crippen LogP contribution is -2.50. The van der Waals surface area contributed by atoms with Crippen LogP contribution in [-0.2, 0) is 0 Å². The summed E-state index contributed by atoms with van der Waals surface area (Å²) in [5.74, 6) is 7.02. The van der Waals surface area contributed by atoms with Crippen LogP contribution in [0.15, 0.2) is 12.4 Å². The van der Waals surface area contributed by atoms with E-state index in [0.717, 1.165) is 38.0 Å². The molecule has 19 heavy (non-hydrogen) atoms. The van der Waals surface area contributed by atoms with Gasteiger partial charge in [-0.1, -0.05) is 12.8 Å². The van der Waals surface area contributed by atoms with Crippen molar-refractivity contribution in [2.45, 2.75) is 31.7 Å². The van der Waals surface area contributed by atoms with Crippen LogP contribution in [0.4, 0.5) is 11.6 Å². The van der Waals surface area contributed by atoms with Crippen molar-refractivity contribution < 1.29 is 0 Å². The number of aromatic nitrogens is 2. The van der Waals surface area contributed by atoms with Crippen LogP contribution >= 0.6 is 0 Å². The Bertz CT molecular complexity index is 409. The second kappa shape index (κ2) is 5.71. The van der Waals surface area contributed by atoms with Gasteiger partial charge in [-0.3, -0.25) is 4.90 Å². The molecule has 0 amide bonds. The van der Waals surface area contributed by atoms with Crippen LogP contribution in [0.2, 0.25) is 0 Å². The number of anilines is 2. The van der Waals surface area contributed by atoms with Crippen molar-refractivity contribution in [2.24, 2.45) is 5.84 Å². The highest BCUT2D eigenvalue weighted by Gasteiger charge is 2.26. The molecule has 6 heteroatoms. The first-order valence-electron chi connectivity index (χ1n) is 7.14. The average molecular weight is 262 g/mol. The van der Waals surface area contributed by atoms with E-state index in [-0.39, 0.29) is 0 Å². The fourth-order valence-corrected chi connectivity index (χ4v) is 3.18. The third-order valence-electron chi connectivity index (χ3n) is 4.28. The Balaban J connectivity index is 1.59. The third-order valence-corrected chi connectivity index (χ3v) is 4.28. The summed E-state index contributed by atoms with van der Waals surface area (Å²) in [6.07, 6.45) is 7.14. The predicted octanol–water partition coefficient (Wildman–Crippen LogP) is 0.827. The molecule has 2 heterocycles. The van der Waals surface area contributed by atoms with Crippen molar-refractivity contribution >= 4 is 11.6 Å². The van der Waals surface area contributed by atoms with Gasteiger partial charge in [-0.05, 0) is 12.8 Å². The molecule has 0 spiro atoms. The summed E-state index contributed by atoms with van der Waals surface area (Å²) in [5.41, 5.74) is 2.57. The topological polar surface area (TPSA) is 70.3 Å². The average Bonchev–Trinajstić information content (AvgIpc) is 3.02. The molecule has 1 aliphatic carbocycles. The Morgan fingerprint density at radius 1 is 1.11 bits per heavy atom. The lowest BCUT2D eigenvalue weighted by Gasteiger charge is -2.38. The molecule has 0 bridgehead atoms. The molecular formula is C13H22N6. The van der Waals surface area contributed by atoms with E-state index in [0.29, 0.717) is 5.82 Å². The van der Waals surface area contributed by atoms with Gasteiger partial charge in [0.15, 0.2) is 0 Å². The molecule has 3 N–H and O–H groups in total. The molecule has 0 radical (unpaired) electrons. The maximum Gasteiger partial charge on any atom is 0.145 e. The smallest absolute Gasteiger partial charge is 0.145 e. The van der Waals surface area contributed by atoms with E-state index in [4.69, 9.17) is 5.84 Å². The van der Waals surface area contributed by atoms with Crippen LogP contribution in [0.3, 0.4) is 0 Å². The van der Waals surface area contributed by atoms with Crippen LogP contribution in [-0.4, -0.2) is 47.1 Å². The van der Waals surface area contributed by atoms with E-state index in [1.54, 1.807) is 6.33 Å². The molecule has 3 rings (SSSR count). The Morgan fingerprint density at radius 2 is 1.84 bits per heavy atom. The first kappa shape index (κ1) is 12.6. The number of rotatable bonds is 3. The first-order chi connectivity index (χ1) is 9.36. The monoisotopic (exact) mass is 262 g/mol. The zero-order chi connectivity index (χ0) is 13.1. The van der Waals surface area contributed by atoms with Crippen LogP contribution in [0.1, 0.15) is 25.7 Å². The van der Waals surface area contributed by atoms with Crippen molar-refractivity contribution in [2.75, 3.05) is 36.5 Å². The number of nitrogens with one attached hydrogen (secondary N) is 1. The van der Waals surface area contributed by atoms with Gasteiger partial charge < -0.3 is 10.3 Å². The molecule has 1 saturated carbocycles. The lowest BCUT2D eigenvalue weighted by atomic mass is 10.2. The normalized spacial score (nSPS) is 21.8. The van der Waals surface area contributed by atoms with Gasteiger partial charge >= 0.3 is 0 Å². The number of nitrogens with zero attached hydrogens (tertiary/aromatic N) is 4. The number of nitrogens with two attached hydrogens (primary N) is 1. The minimum Gasteiger partial charge on any atom is -0.354 e. The highest BCUT2D eigenvalue weighted by atomic mass is 15.3. The van der Waals surface area contributed by atoms with Gasteiger partial charge in [0.1, 0.15) is 18.0 Å². The first-order valence-corrected chi connectivity index (χ1v) is 7.14. The number of hydrazine groups is 1. The molecule has 2 fully saturated rings. The number of nitrogen functional groups attached to an aromatic ring is 1. The Hall–Kier alpha value is -1.40. The van der Waals surface area contributed by atoms with E-state index in [9.17, 15) is 0 Å². The van der Waals surface area contributed by atoms with Crippen molar-refractivity contribution in [3.05, 3.63) is 12.4 Å². The minimum atomic E-state index is 0.670. The standard InChI is InChI=1S/C13H22N6/c14-17-12-9-13(16-10-15-12)19-7-5-18(6-8-19)11-3-1-2-4-11/h9-11H,1-8,14H2,(H,15,16,17). The lowest BCUT2D eigenvalue weighted by molar-refractivity contribution is 0.187. The Morgan fingerprint density at radius 3 is 2.53 bits per heavy atom.